The van der Waals surface area contributed by atoms with Gasteiger partial charge in [0.25, 0.3) is 5.91 Å². The maximum absolute atomic E-state index is 11.9. The highest BCUT2D eigenvalue weighted by Gasteiger charge is 2.07. The van der Waals surface area contributed by atoms with Gasteiger partial charge in [-0.25, -0.2) is 0 Å². The van der Waals surface area contributed by atoms with Gasteiger partial charge in [-0.05, 0) is 38.1 Å². The van der Waals surface area contributed by atoms with Crippen molar-refractivity contribution in [2.24, 2.45) is 5.73 Å². The van der Waals surface area contributed by atoms with E-state index in [9.17, 15) is 9.59 Å². The van der Waals surface area contributed by atoms with Crippen LogP contribution in [-0.2, 0) is 4.79 Å². The van der Waals surface area contributed by atoms with Gasteiger partial charge in [0.1, 0.15) is 0 Å². The van der Waals surface area contributed by atoms with Gasteiger partial charge in [0.15, 0.2) is 0 Å². The number of carbonyl (C=O) groups is 2. The Bertz CT molecular complexity index is 539. The second-order valence-electron chi connectivity index (χ2n) is 4.81. The highest BCUT2D eigenvalue weighted by atomic mass is 16.2. The molecule has 1 rings (SSSR count). The number of benzene rings is 1. The third-order valence-electron chi connectivity index (χ3n) is 2.57. The maximum Gasteiger partial charge on any atom is 0.251 e. The molecule has 0 aromatic heterocycles. The van der Waals surface area contributed by atoms with Crippen LogP contribution in [0.2, 0.25) is 0 Å². The van der Waals surface area contributed by atoms with E-state index >= 15 is 0 Å². The predicted octanol–water partition coefficient (Wildman–Crippen LogP) is 0.641. The van der Waals surface area contributed by atoms with Crippen LogP contribution in [0.1, 0.15) is 36.2 Å². The normalized spacial score (nSPS) is 9.71. The van der Waals surface area contributed by atoms with Crippen LogP contribution in [0.15, 0.2) is 24.3 Å². The Balaban J connectivity index is 2.43. The van der Waals surface area contributed by atoms with Crippen LogP contribution in [0, 0.1) is 11.8 Å². The zero-order chi connectivity index (χ0) is 15.7. The maximum atomic E-state index is 11.9. The summed E-state index contributed by atoms with van der Waals surface area (Å²) in [6.45, 7) is 4.41. The third-order valence-corrected chi connectivity index (χ3v) is 2.57. The minimum atomic E-state index is -0.203. The smallest absolute Gasteiger partial charge is 0.251 e. The Morgan fingerprint density at radius 3 is 2.48 bits per heavy atom. The summed E-state index contributed by atoms with van der Waals surface area (Å²) in [5.74, 6) is 5.36. The van der Waals surface area contributed by atoms with Crippen LogP contribution in [0.3, 0.4) is 0 Å². The summed E-state index contributed by atoms with van der Waals surface area (Å²) in [6.07, 6.45) is 0.268. The summed E-state index contributed by atoms with van der Waals surface area (Å²) in [5.41, 5.74) is 6.65. The van der Waals surface area contributed by atoms with Gasteiger partial charge in [0, 0.05) is 30.1 Å². The summed E-state index contributed by atoms with van der Waals surface area (Å²) >= 11 is 0. The van der Waals surface area contributed by atoms with E-state index in [1.807, 2.05) is 13.8 Å². The van der Waals surface area contributed by atoms with Crippen molar-refractivity contribution in [3.63, 3.8) is 0 Å². The fourth-order valence-electron chi connectivity index (χ4n) is 1.64. The monoisotopic (exact) mass is 287 g/mol. The second-order valence-corrected chi connectivity index (χ2v) is 4.81. The number of hydrogen-bond acceptors (Lipinski definition) is 3. The Hall–Kier alpha value is -2.32. The molecule has 4 N–H and O–H groups in total. The SMILES string of the molecule is CC(C)NC(=O)CCNC(=O)c1ccc(C#CCN)cc1. The molecule has 5 nitrogen and oxygen atoms in total. The largest absolute Gasteiger partial charge is 0.354 e. The Kier molecular flexibility index (Phi) is 6.99. The van der Waals surface area contributed by atoms with E-state index in [4.69, 9.17) is 5.73 Å². The molecule has 0 saturated heterocycles. The summed E-state index contributed by atoms with van der Waals surface area (Å²) in [7, 11) is 0. The lowest BCUT2D eigenvalue weighted by Gasteiger charge is -2.09. The molecule has 0 unspecified atom stereocenters. The zero-order valence-electron chi connectivity index (χ0n) is 12.4. The van der Waals surface area contributed by atoms with Crippen molar-refractivity contribution in [3.8, 4) is 11.8 Å². The van der Waals surface area contributed by atoms with Gasteiger partial charge in [-0.15, -0.1) is 0 Å². The third kappa shape index (κ3) is 6.59. The molecular formula is C16H21N3O2. The van der Waals surface area contributed by atoms with Gasteiger partial charge in [0.05, 0.1) is 6.54 Å². The molecule has 0 spiro atoms. The van der Waals surface area contributed by atoms with E-state index in [0.717, 1.165) is 5.56 Å². The molecule has 0 saturated carbocycles. The lowest BCUT2D eigenvalue weighted by atomic mass is 10.1. The zero-order valence-corrected chi connectivity index (χ0v) is 12.4. The van der Waals surface area contributed by atoms with Crippen molar-refractivity contribution in [3.05, 3.63) is 35.4 Å². The number of amides is 2. The van der Waals surface area contributed by atoms with Gasteiger partial charge in [-0.3, -0.25) is 9.59 Å². The first-order chi connectivity index (χ1) is 10.0. The van der Waals surface area contributed by atoms with Gasteiger partial charge in [0.2, 0.25) is 5.91 Å². The van der Waals surface area contributed by atoms with Crippen molar-refractivity contribution in [2.75, 3.05) is 13.1 Å². The number of rotatable bonds is 5. The van der Waals surface area contributed by atoms with Gasteiger partial charge in [-0.1, -0.05) is 11.8 Å². The molecule has 5 heteroatoms. The van der Waals surface area contributed by atoms with Crippen LogP contribution in [0.5, 0.6) is 0 Å². The minimum absolute atomic E-state index is 0.0716. The van der Waals surface area contributed by atoms with Crippen LogP contribution in [-0.4, -0.2) is 30.9 Å². The molecule has 112 valence electrons. The lowest BCUT2D eigenvalue weighted by Crippen LogP contribution is -2.34. The molecule has 0 atom stereocenters. The van der Waals surface area contributed by atoms with Gasteiger partial charge >= 0.3 is 0 Å². The fraction of sp³-hybridized carbons (Fsp3) is 0.375. The predicted molar refractivity (Wildman–Crippen MR) is 82.6 cm³/mol. The standard InChI is InChI=1S/C16H21N3O2/c1-12(2)19-15(20)9-11-18-16(21)14-7-5-13(6-8-14)4-3-10-17/h5-8,12H,9-11,17H2,1-2H3,(H,18,21)(H,19,20). The molecule has 0 radical (unpaired) electrons. The lowest BCUT2D eigenvalue weighted by molar-refractivity contribution is -0.121. The minimum Gasteiger partial charge on any atom is -0.354 e. The Labute approximate surface area is 125 Å². The van der Waals surface area contributed by atoms with Crippen molar-refractivity contribution in [1.82, 2.24) is 10.6 Å². The average molecular weight is 287 g/mol. The van der Waals surface area contributed by atoms with Crippen LogP contribution < -0.4 is 16.4 Å². The number of carbonyl (C=O) groups excluding carboxylic acids is 2. The number of nitrogens with one attached hydrogen (secondary N) is 2. The molecular weight excluding hydrogens is 266 g/mol. The summed E-state index contributed by atoms with van der Waals surface area (Å²) in [4.78, 5) is 23.3. The molecule has 0 aliphatic heterocycles. The summed E-state index contributed by atoms with van der Waals surface area (Å²) < 4.78 is 0. The Morgan fingerprint density at radius 1 is 1.24 bits per heavy atom. The molecule has 0 heterocycles. The molecule has 0 aliphatic rings. The van der Waals surface area contributed by atoms with Crippen molar-refractivity contribution < 1.29 is 9.59 Å². The van der Waals surface area contributed by atoms with E-state index in [2.05, 4.69) is 22.5 Å². The van der Waals surface area contributed by atoms with E-state index < -0.39 is 0 Å². The summed E-state index contributed by atoms with van der Waals surface area (Å²) in [6, 6.07) is 7.04. The van der Waals surface area contributed by atoms with Gasteiger partial charge < -0.3 is 16.4 Å². The summed E-state index contributed by atoms with van der Waals surface area (Å²) in [5, 5.41) is 5.48. The highest BCUT2D eigenvalue weighted by Crippen LogP contribution is 2.03. The molecule has 0 aliphatic carbocycles. The topological polar surface area (TPSA) is 84.2 Å². The van der Waals surface area contributed by atoms with Crippen LogP contribution >= 0.6 is 0 Å². The second kappa shape index (κ2) is 8.77. The molecule has 0 bridgehead atoms. The molecule has 2 amide bonds. The average Bonchev–Trinajstić information content (AvgIpc) is 2.44. The highest BCUT2D eigenvalue weighted by molar-refractivity contribution is 5.94. The van der Waals surface area contributed by atoms with Crippen molar-refractivity contribution >= 4 is 11.8 Å². The van der Waals surface area contributed by atoms with E-state index in [-0.39, 0.29) is 24.3 Å². The number of nitrogens with two attached hydrogens (primary N) is 1. The molecule has 1 aromatic rings. The molecule has 1 aromatic carbocycles. The van der Waals surface area contributed by atoms with Crippen molar-refractivity contribution in [2.45, 2.75) is 26.3 Å². The molecule has 0 fully saturated rings. The fourth-order valence-corrected chi connectivity index (χ4v) is 1.64. The van der Waals surface area contributed by atoms with E-state index in [1.54, 1.807) is 24.3 Å². The molecule has 21 heavy (non-hydrogen) atoms. The van der Waals surface area contributed by atoms with E-state index in [0.29, 0.717) is 18.7 Å². The Morgan fingerprint density at radius 2 is 1.90 bits per heavy atom. The quantitative estimate of drug-likeness (QED) is 0.695. The first-order valence-electron chi connectivity index (χ1n) is 6.89. The number of hydrogen-bond donors (Lipinski definition) is 3. The van der Waals surface area contributed by atoms with Gasteiger partial charge in [-0.2, -0.15) is 0 Å². The van der Waals surface area contributed by atoms with Crippen LogP contribution in [0.4, 0.5) is 0 Å². The van der Waals surface area contributed by atoms with Crippen LogP contribution in [0.25, 0.3) is 0 Å². The first kappa shape index (κ1) is 16.7. The first-order valence-corrected chi connectivity index (χ1v) is 6.89. The van der Waals surface area contributed by atoms with Crippen molar-refractivity contribution in [1.29, 1.82) is 0 Å². The van der Waals surface area contributed by atoms with E-state index in [1.165, 1.54) is 0 Å².